The lowest BCUT2D eigenvalue weighted by molar-refractivity contribution is -0.117. The molecule has 0 atom stereocenters. The van der Waals surface area contributed by atoms with Gasteiger partial charge in [-0.1, -0.05) is 23.7 Å². The Morgan fingerprint density at radius 3 is 2.76 bits per heavy atom. The number of hydrogen-bond donors (Lipinski definition) is 2. The summed E-state index contributed by atoms with van der Waals surface area (Å²) in [6.45, 7) is 4.34. The first-order chi connectivity index (χ1) is 11.9. The van der Waals surface area contributed by atoms with Crippen LogP contribution in [0, 0.1) is 0 Å². The number of pyridine rings is 1. The van der Waals surface area contributed by atoms with Crippen molar-refractivity contribution >= 4 is 34.9 Å². The molecule has 0 radical (unpaired) electrons. The summed E-state index contributed by atoms with van der Waals surface area (Å²) >= 11 is 5.92. The van der Waals surface area contributed by atoms with Crippen molar-refractivity contribution in [2.75, 3.05) is 16.8 Å². The summed E-state index contributed by atoms with van der Waals surface area (Å²) in [5.41, 5.74) is 1.97. The highest BCUT2D eigenvalue weighted by Crippen LogP contribution is 2.30. The minimum Gasteiger partial charge on any atom is -0.359 e. The van der Waals surface area contributed by atoms with E-state index in [1.54, 1.807) is 23.1 Å². The number of nitrogens with zero attached hydrogens (tertiary/aromatic N) is 2. The van der Waals surface area contributed by atoms with Crippen molar-refractivity contribution in [2.45, 2.75) is 26.4 Å². The van der Waals surface area contributed by atoms with Crippen LogP contribution in [0.2, 0.25) is 5.02 Å². The van der Waals surface area contributed by atoms with Gasteiger partial charge in [0.05, 0.1) is 24.3 Å². The SMILES string of the molecule is CC(C)NC(=O)c1cnc2c(c1)N(Cc1ccc(Cl)cc1)C(=O)CN2. The summed E-state index contributed by atoms with van der Waals surface area (Å²) < 4.78 is 0. The van der Waals surface area contributed by atoms with Crippen molar-refractivity contribution in [3.8, 4) is 0 Å². The molecular formula is C18H19ClN4O2. The van der Waals surface area contributed by atoms with Crippen molar-refractivity contribution < 1.29 is 9.59 Å². The lowest BCUT2D eigenvalue weighted by Gasteiger charge is -2.30. The Morgan fingerprint density at radius 2 is 2.08 bits per heavy atom. The van der Waals surface area contributed by atoms with E-state index in [-0.39, 0.29) is 24.4 Å². The molecule has 2 heterocycles. The van der Waals surface area contributed by atoms with Crippen LogP contribution >= 0.6 is 11.6 Å². The smallest absolute Gasteiger partial charge is 0.253 e. The largest absolute Gasteiger partial charge is 0.359 e. The summed E-state index contributed by atoms with van der Waals surface area (Å²) in [5.74, 6) is 0.301. The molecule has 0 aliphatic carbocycles. The molecule has 0 spiro atoms. The second-order valence-corrected chi connectivity index (χ2v) is 6.62. The molecule has 1 aromatic carbocycles. The van der Waals surface area contributed by atoms with Crippen molar-refractivity contribution in [3.63, 3.8) is 0 Å². The van der Waals surface area contributed by atoms with Crippen LogP contribution in [0.25, 0.3) is 0 Å². The van der Waals surface area contributed by atoms with E-state index in [1.165, 1.54) is 6.20 Å². The Hall–Kier alpha value is -2.60. The molecular weight excluding hydrogens is 340 g/mol. The van der Waals surface area contributed by atoms with Crippen molar-refractivity contribution in [2.24, 2.45) is 0 Å². The standard InChI is InChI=1S/C18H19ClN4O2/c1-11(2)22-18(25)13-7-15-17(20-8-13)21-9-16(24)23(15)10-12-3-5-14(19)6-4-12/h3-8,11H,9-10H2,1-2H3,(H,20,21)(H,22,25). The van der Waals surface area contributed by atoms with E-state index in [0.29, 0.717) is 28.6 Å². The van der Waals surface area contributed by atoms with Gasteiger partial charge in [0.1, 0.15) is 0 Å². The second-order valence-electron chi connectivity index (χ2n) is 6.18. The average molecular weight is 359 g/mol. The van der Waals surface area contributed by atoms with Crippen LogP contribution in [0.5, 0.6) is 0 Å². The van der Waals surface area contributed by atoms with Gasteiger partial charge in [0.15, 0.2) is 5.82 Å². The third-order valence-corrected chi connectivity index (χ3v) is 4.05. The van der Waals surface area contributed by atoms with Gasteiger partial charge < -0.3 is 15.5 Å². The van der Waals surface area contributed by atoms with Crippen LogP contribution in [0.4, 0.5) is 11.5 Å². The molecule has 130 valence electrons. The summed E-state index contributed by atoms with van der Waals surface area (Å²) in [6, 6.07) is 9.04. The summed E-state index contributed by atoms with van der Waals surface area (Å²) in [7, 11) is 0. The number of rotatable bonds is 4. The average Bonchev–Trinajstić information content (AvgIpc) is 2.58. The number of hydrogen-bond acceptors (Lipinski definition) is 4. The predicted octanol–water partition coefficient (Wildman–Crippen LogP) is 2.83. The van der Waals surface area contributed by atoms with E-state index in [9.17, 15) is 9.59 Å². The van der Waals surface area contributed by atoms with Gasteiger partial charge in [-0.15, -0.1) is 0 Å². The molecule has 1 aliphatic rings. The zero-order valence-electron chi connectivity index (χ0n) is 14.0. The van der Waals surface area contributed by atoms with Gasteiger partial charge in [-0.2, -0.15) is 0 Å². The number of halogens is 1. The molecule has 0 saturated heterocycles. The molecule has 7 heteroatoms. The molecule has 2 N–H and O–H groups in total. The first-order valence-electron chi connectivity index (χ1n) is 8.03. The Labute approximate surface area is 151 Å². The first kappa shape index (κ1) is 17.2. The normalized spacial score (nSPS) is 13.4. The highest BCUT2D eigenvalue weighted by Gasteiger charge is 2.26. The van der Waals surface area contributed by atoms with Crippen LogP contribution in [0.1, 0.15) is 29.8 Å². The van der Waals surface area contributed by atoms with E-state index in [4.69, 9.17) is 11.6 Å². The first-order valence-corrected chi connectivity index (χ1v) is 8.41. The maximum atomic E-state index is 12.4. The quantitative estimate of drug-likeness (QED) is 0.881. The number of carbonyl (C=O) groups excluding carboxylic acids is 2. The number of amides is 2. The molecule has 1 aliphatic heterocycles. The van der Waals surface area contributed by atoms with Crippen LogP contribution in [0.15, 0.2) is 36.5 Å². The molecule has 2 aromatic rings. The Morgan fingerprint density at radius 1 is 1.36 bits per heavy atom. The van der Waals surface area contributed by atoms with Crippen molar-refractivity contribution in [1.29, 1.82) is 0 Å². The van der Waals surface area contributed by atoms with Crippen LogP contribution in [-0.4, -0.2) is 29.4 Å². The van der Waals surface area contributed by atoms with Gasteiger partial charge in [0.2, 0.25) is 5.91 Å². The molecule has 0 unspecified atom stereocenters. The number of anilines is 2. The van der Waals surface area contributed by atoms with Crippen molar-refractivity contribution in [1.82, 2.24) is 10.3 Å². The molecule has 0 bridgehead atoms. The summed E-state index contributed by atoms with van der Waals surface area (Å²) in [5, 5.41) is 6.46. The lowest BCUT2D eigenvalue weighted by Crippen LogP contribution is -2.40. The van der Waals surface area contributed by atoms with E-state index < -0.39 is 0 Å². The van der Waals surface area contributed by atoms with Gasteiger partial charge in [-0.3, -0.25) is 9.59 Å². The van der Waals surface area contributed by atoms with Crippen LogP contribution < -0.4 is 15.5 Å². The van der Waals surface area contributed by atoms with E-state index in [2.05, 4.69) is 15.6 Å². The highest BCUT2D eigenvalue weighted by molar-refractivity contribution is 6.30. The lowest BCUT2D eigenvalue weighted by atomic mass is 10.1. The molecule has 0 fully saturated rings. The summed E-state index contributed by atoms with van der Waals surface area (Å²) in [6.07, 6.45) is 1.51. The second kappa shape index (κ2) is 7.11. The van der Waals surface area contributed by atoms with Gasteiger partial charge in [0.25, 0.3) is 5.91 Å². The molecule has 0 saturated carbocycles. The van der Waals surface area contributed by atoms with E-state index >= 15 is 0 Å². The third kappa shape index (κ3) is 3.91. The Kier molecular flexibility index (Phi) is 4.90. The topological polar surface area (TPSA) is 74.3 Å². The fraction of sp³-hybridized carbons (Fsp3) is 0.278. The van der Waals surface area contributed by atoms with Crippen LogP contribution in [-0.2, 0) is 11.3 Å². The fourth-order valence-corrected chi connectivity index (χ4v) is 2.73. The number of aromatic nitrogens is 1. The van der Waals surface area contributed by atoms with E-state index in [1.807, 2.05) is 26.0 Å². The predicted molar refractivity (Wildman–Crippen MR) is 98.0 cm³/mol. The van der Waals surface area contributed by atoms with Crippen LogP contribution in [0.3, 0.4) is 0 Å². The number of fused-ring (bicyclic) bond motifs is 1. The third-order valence-electron chi connectivity index (χ3n) is 3.80. The van der Waals surface area contributed by atoms with Gasteiger partial charge in [0, 0.05) is 17.3 Å². The van der Waals surface area contributed by atoms with Crippen molar-refractivity contribution in [3.05, 3.63) is 52.7 Å². The van der Waals surface area contributed by atoms with Gasteiger partial charge in [-0.05, 0) is 37.6 Å². The fourth-order valence-electron chi connectivity index (χ4n) is 2.60. The minimum atomic E-state index is -0.213. The Bertz CT molecular complexity index is 805. The number of carbonyl (C=O) groups is 2. The molecule has 2 amide bonds. The zero-order valence-corrected chi connectivity index (χ0v) is 14.8. The maximum absolute atomic E-state index is 12.4. The maximum Gasteiger partial charge on any atom is 0.253 e. The number of benzene rings is 1. The molecule has 6 nitrogen and oxygen atoms in total. The minimum absolute atomic E-state index is 0.0217. The molecule has 25 heavy (non-hydrogen) atoms. The molecule has 1 aromatic heterocycles. The monoisotopic (exact) mass is 358 g/mol. The highest BCUT2D eigenvalue weighted by atomic mass is 35.5. The number of nitrogens with one attached hydrogen (secondary N) is 2. The van der Waals surface area contributed by atoms with Gasteiger partial charge in [-0.25, -0.2) is 4.98 Å². The summed E-state index contributed by atoms with van der Waals surface area (Å²) in [4.78, 5) is 30.6. The zero-order chi connectivity index (χ0) is 18.0. The van der Waals surface area contributed by atoms with Gasteiger partial charge >= 0.3 is 0 Å². The molecule has 3 rings (SSSR count). The van der Waals surface area contributed by atoms with E-state index in [0.717, 1.165) is 5.56 Å². The Balaban J connectivity index is 1.91.